The molecule has 0 aliphatic heterocycles. The van der Waals surface area contributed by atoms with E-state index in [-0.39, 0.29) is 0 Å². The van der Waals surface area contributed by atoms with Gasteiger partial charge in [0, 0.05) is 11.5 Å². The second kappa shape index (κ2) is 5.96. The smallest absolute Gasteiger partial charge is 0.160 e. The van der Waals surface area contributed by atoms with E-state index in [4.69, 9.17) is 21.1 Å². The van der Waals surface area contributed by atoms with Crippen molar-refractivity contribution in [2.24, 2.45) is 0 Å². The molecular weight excluding hydrogens is 352 g/mol. The Labute approximate surface area is 136 Å². The van der Waals surface area contributed by atoms with Crippen LogP contribution in [0.5, 0.6) is 17.2 Å². The Kier molecular flexibility index (Phi) is 4.04. The zero-order chi connectivity index (χ0) is 14.8. The third-order valence-corrected chi connectivity index (χ3v) is 4.04. The summed E-state index contributed by atoms with van der Waals surface area (Å²) in [6.07, 6.45) is 0. The van der Waals surface area contributed by atoms with Crippen molar-refractivity contribution < 1.29 is 9.47 Å². The number of halogens is 2. The van der Waals surface area contributed by atoms with Crippen LogP contribution in [0.25, 0.3) is 10.8 Å². The Hall–Kier alpha value is -1.71. The van der Waals surface area contributed by atoms with Crippen molar-refractivity contribution in [2.45, 2.75) is 0 Å². The van der Waals surface area contributed by atoms with Crippen LogP contribution in [0.1, 0.15) is 0 Å². The van der Waals surface area contributed by atoms with Gasteiger partial charge in [-0.1, -0.05) is 48.0 Å². The second-order valence-corrected chi connectivity index (χ2v) is 5.76. The van der Waals surface area contributed by atoms with E-state index in [2.05, 4.69) is 15.9 Å². The van der Waals surface area contributed by atoms with Crippen molar-refractivity contribution in [1.82, 2.24) is 0 Å². The van der Waals surface area contributed by atoms with Crippen molar-refractivity contribution in [3.05, 3.63) is 64.1 Å². The molecule has 106 valence electrons. The fraction of sp³-hybridized carbons (Fsp3) is 0.0588. The average molecular weight is 364 g/mol. The molecule has 0 amide bonds. The first-order chi connectivity index (χ1) is 10.2. The van der Waals surface area contributed by atoms with Gasteiger partial charge in [-0.3, -0.25) is 0 Å². The van der Waals surface area contributed by atoms with Crippen LogP contribution >= 0.6 is 27.5 Å². The molecule has 3 aromatic rings. The highest BCUT2D eigenvalue weighted by atomic mass is 79.9. The summed E-state index contributed by atoms with van der Waals surface area (Å²) in [6.45, 7) is 0. The Bertz CT molecular complexity index is 773. The van der Waals surface area contributed by atoms with Gasteiger partial charge in [-0.15, -0.1) is 0 Å². The number of methoxy groups -OCH3 is 1. The van der Waals surface area contributed by atoms with Gasteiger partial charge in [-0.2, -0.15) is 0 Å². The first-order valence-electron chi connectivity index (χ1n) is 6.37. The predicted octanol–water partition coefficient (Wildman–Crippen LogP) is 6.06. The molecular formula is C17H12BrClO2. The highest BCUT2D eigenvalue weighted by Gasteiger charge is 2.12. The molecule has 0 aliphatic carbocycles. The van der Waals surface area contributed by atoms with E-state index < -0.39 is 0 Å². The lowest BCUT2D eigenvalue weighted by Gasteiger charge is -2.13. The molecule has 0 atom stereocenters. The molecule has 0 saturated carbocycles. The Morgan fingerprint density at radius 1 is 1.00 bits per heavy atom. The average Bonchev–Trinajstić information content (AvgIpc) is 2.50. The highest BCUT2D eigenvalue weighted by molar-refractivity contribution is 9.10. The van der Waals surface area contributed by atoms with Gasteiger partial charge < -0.3 is 9.47 Å². The summed E-state index contributed by atoms with van der Waals surface area (Å²) in [6, 6.07) is 17.6. The van der Waals surface area contributed by atoms with E-state index in [1.807, 2.05) is 48.5 Å². The number of hydrogen-bond acceptors (Lipinski definition) is 2. The molecule has 0 bridgehead atoms. The standard InChI is InChI=1S/C17H12BrClO2/c1-20-12-9-14(18)17(15(19)10-12)21-16-8-4-6-11-5-2-3-7-13(11)16/h2-10H,1H3. The minimum atomic E-state index is 0.495. The molecule has 4 heteroatoms. The molecule has 0 fully saturated rings. The Morgan fingerprint density at radius 2 is 1.76 bits per heavy atom. The van der Waals surface area contributed by atoms with Gasteiger partial charge in [-0.25, -0.2) is 0 Å². The molecule has 0 saturated heterocycles. The monoisotopic (exact) mass is 362 g/mol. The summed E-state index contributed by atoms with van der Waals surface area (Å²) in [5.74, 6) is 2.02. The van der Waals surface area contributed by atoms with E-state index in [1.54, 1.807) is 13.2 Å². The maximum Gasteiger partial charge on any atom is 0.160 e. The molecule has 0 spiro atoms. The SMILES string of the molecule is COc1cc(Cl)c(Oc2cccc3ccccc23)c(Br)c1. The lowest BCUT2D eigenvalue weighted by molar-refractivity contribution is 0.412. The summed E-state index contributed by atoms with van der Waals surface area (Å²) in [4.78, 5) is 0. The van der Waals surface area contributed by atoms with Crippen LogP contribution < -0.4 is 9.47 Å². The molecule has 3 rings (SSSR count). The molecule has 21 heavy (non-hydrogen) atoms. The van der Waals surface area contributed by atoms with Gasteiger partial charge in [0.1, 0.15) is 11.5 Å². The molecule has 0 heterocycles. The third-order valence-electron chi connectivity index (χ3n) is 3.17. The van der Waals surface area contributed by atoms with E-state index in [9.17, 15) is 0 Å². The van der Waals surface area contributed by atoms with Crippen molar-refractivity contribution in [3.63, 3.8) is 0 Å². The van der Waals surface area contributed by atoms with Crippen LogP contribution in [0.4, 0.5) is 0 Å². The third kappa shape index (κ3) is 2.85. The van der Waals surface area contributed by atoms with Crippen LogP contribution in [-0.2, 0) is 0 Å². The van der Waals surface area contributed by atoms with Crippen LogP contribution in [0.2, 0.25) is 5.02 Å². The summed E-state index contributed by atoms with van der Waals surface area (Å²) in [5.41, 5.74) is 0. The number of fused-ring (bicyclic) bond motifs is 1. The minimum Gasteiger partial charge on any atom is -0.497 e. The van der Waals surface area contributed by atoms with Gasteiger partial charge in [0.25, 0.3) is 0 Å². The van der Waals surface area contributed by atoms with Crippen molar-refractivity contribution in [1.29, 1.82) is 0 Å². The molecule has 0 unspecified atom stereocenters. The van der Waals surface area contributed by atoms with Crippen LogP contribution in [0, 0.1) is 0 Å². The molecule has 0 aromatic heterocycles. The number of benzene rings is 3. The topological polar surface area (TPSA) is 18.5 Å². The fourth-order valence-electron chi connectivity index (χ4n) is 2.15. The summed E-state index contributed by atoms with van der Waals surface area (Å²) >= 11 is 9.75. The van der Waals surface area contributed by atoms with Gasteiger partial charge >= 0.3 is 0 Å². The summed E-state index contributed by atoms with van der Waals surface area (Å²) < 4.78 is 11.9. The molecule has 2 nitrogen and oxygen atoms in total. The second-order valence-electron chi connectivity index (χ2n) is 4.50. The number of rotatable bonds is 3. The maximum absolute atomic E-state index is 6.28. The molecule has 0 N–H and O–H groups in total. The maximum atomic E-state index is 6.28. The van der Waals surface area contributed by atoms with Gasteiger partial charge in [0.05, 0.1) is 16.6 Å². The fourth-order valence-corrected chi connectivity index (χ4v) is 3.03. The lowest BCUT2D eigenvalue weighted by Crippen LogP contribution is -1.90. The zero-order valence-corrected chi connectivity index (χ0v) is 13.6. The number of ether oxygens (including phenoxy) is 2. The summed E-state index contributed by atoms with van der Waals surface area (Å²) in [7, 11) is 1.60. The first-order valence-corrected chi connectivity index (χ1v) is 7.55. The highest BCUT2D eigenvalue weighted by Crippen LogP contribution is 2.41. The lowest BCUT2D eigenvalue weighted by atomic mass is 10.1. The summed E-state index contributed by atoms with van der Waals surface area (Å²) in [5, 5.41) is 2.66. The Balaban J connectivity index is 2.07. The van der Waals surface area contributed by atoms with E-state index in [0.717, 1.165) is 21.0 Å². The van der Waals surface area contributed by atoms with Gasteiger partial charge in [-0.05, 0) is 33.4 Å². The largest absolute Gasteiger partial charge is 0.497 e. The predicted molar refractivity (Wildman–Crippen MR) is 89.7 cm³/mol. The van der Waals surface area contributed by atoms with Crippen LogP contribution in [-0.4, -0.2) is 7.11 Å². The van der Waals surface area contributed by atoms with Gasteiger partial charge in [0.2, 0.25) is 0 Å². The van der Waals surface area contributed by atoms with E-state index in [0.29, 0.717) is 16.5 Å². The molecule has 0 radical (unpaired) electrons. The minimum absolute atomic E-state index is 0.495. The normalized spacial score (nSPS) is 10.6. The zero-order valence-electron chi connectivity index (χ0n) is 11.3. The van der Waals surface area contributed by atoms with Crippen molar-refractivity contribution in [2.75, 3.05) is 7.11 Å². The van der Waals surface area contributed by atoms with Crippen molar-refractivity contribution >= 4 is 38.3 Å². The quantitative estimate of drug-likeness (QED) is 0.563. The first kappa shape index (κ1) is 14.2. The molecule has 0 aliphatic rings. The Morgan fingerprint density at radius 3 is 2.52 bits per heavy atom. The van der Waals surface area contributed by atoms with E-state index in [1.165, 1.54) is 0 Å². The number of hydrogen-bond donors (Lipinski definition) is 0. The van der Waals surface area contributed by atoms with Crippen molar-refractivity contribution in [3.8, 4) is 17.2 Å². The van der Waals surface area contributed by atoms with E-state index >= 15 is 0 Å². The molecule has 3 aromatic carbocycles. The van der Waals surface area contributed by atoms with Crippen LogP contribution in [0.3, 0.4) is 0 Å². The van der Waals surface area contributed by atoms with Gasteiger partial charge in [0.15, 0.2) is 5.75 Å². The van der Waals surface area contributed by atoms with Crippen LogP contribution in [0.15, 0.2) is 59.1 Å².